The molecule has 0 aliphatic rings. The Morgan fingerprint density at radius 2 is 1.81 bits per heavy atom. The molecule has 1 aromatic heterocycles. The fourth-order valence-corrected chi connectivity index (χ4v) is 3.07. The third kappa shape index (κ3) is 3.22. The van der Waals surface area contributed by atoms with Gasteiger partial charge in [-0.1, -0.05) is 45.0 Å². The average molecular weight is 351 g/mol. The van der Waals surface area contributed by atoms with E-state index in [9.17, 15) is 5.11 Å². The topological polar surface area (TPSA) is 38.0 Å². The van der Waals surface area contributed by atoms with Crippen LogP contribution in [-0.4, -0.2) is 14.9 Å². The number of halogens is 1. The summed E-state index contributed by atoms with van der Waals surface area (Å²) in [5.74, 6) is 0. The smallest absolute Gasteiger partial charge is 0.122 e. The first-order chi connectivity index (χ1) is 9.73. The Hall–Kier alpha value is -1.13. The van der Waals surface area contributed by atoms with Crippen LogP contribution in [0.3, 0.4) is 0 Å². The Bertz CT molecular complexity index is 626. The van der Waals surface area contributed by atoms with Gasteiger partial charge >= 0.3 is 0 Å². The Kier molecular flexibility index (Phi) is 4.59. The van der Waals surface area contributed by atoms with Crippen LogP contribution in [0.15, 0.2) is 34.9 Å². The zero-order valence-electron chi connectivity index (χ0n) is 13.3. The molecular formula is C17H23BrN2O. The Morgan fingerprint density at radius 1 is 1.19 bits per heavy atom. The number of aromatic nitrogens is 2. The lowest BCUT2D eigenvalue weighted by Crippen LogP contribution is -2.19. The quantitative estimate of drug-likeness (QED) is 0.877. The van der Waals surface area contributed by atoms with Gasteiger partial charge in [-0.05, 0) is 46.3 Å². The van der Waals surface area contributed by atoms with E-state index in [1.807, 2.05) is 22.9 Å². The van der Waals surface area contributed by atoms with Gasteiger partial charge in [0, 0.05) is 6.04 Å². The maximum atomic E-state index is 10.9. The van der Waals surface area contributed by atoms with Crippen molar-refractivity contribution in [3.63, 3.8) is 0 Å². The molecule has 1 N–H and O–H groups in total. The summed E-state index contributed by atoms with van der Waals surface area (Å²) in [5, 5.41) is 15.3. The van der Waals surface area contributed by atoms with Crippen LogP contribution in [0.1, 0.15) is 63.6 Å². The SMILES string of the molecule is CC(C)n1ncc(Br)c1C(O)c1ccccc1C(C)(C)C. The van der Waals surface area contributed by atoms with Crippen LogP contribution in [0, 0.1) is 0 Å². The molecule has 2 aromatic rings. The number of hydrogen-bond donors (Lipinski definition) is 1. The van der Waals surface area contributed by atoms with Gasteiger partial charge in [0.1, 0.15) is 6.10 Å². The molecule has 1 atom stereocenters. The number of nitrogens with zero attached hydrogens (tertiary/aromatic N) is 2. The van der Waals surface area contributed by atoms with Crippen molar-refractivity contribution in [2.24, 2.45) is 0 Å². The van der Waals surface area contributed by atoms with Crippen LogP contribution in [-0.2, 0) is 5.41 Å². The van der Waals surface area contributed by atoms with Gasteiger partial charge in [-0.15, -0.1) is 0 Å². The first-order valence-electron chi connectivity index (χ1n) is 7.24. The molecule has 0 fully saturated rings. The summed E-state index contributed by atoms with van der Waals surface area (Å²) < 4.78 is 2.71. The van der Waals surface area contributed by atoms with Crippen molar-refractivity contribution in [1.29, 1.82) is 0 Å². The van der Waals surface area contributed by atoms with Crippen molar-refractivity contribution in [2.45, 2.75) is 52.2 Å². The van der Waals surface area contributed by atoms with E-state index in [1.54, 1.807) is 6.20 Å². The van der Waals surface area contributed by atoms with Gasteiger partial charge in [-0.2, -0.15) is 5.10 Å². The predicted octanol–water partition coefficient (Wildman–Crippen LogP) is 4.61. The zero-order chi connectivity index (χ0) is 15.8. The van der Waals surface area contributed by atoms with Gasteiger partial charge in [-0.25, -0.2) is 0 Å². The van der Waals surface area contributed by atoms with Crippen LogP contribution in [0.4, 0.5) is 0 Å². The van der Waals surface area contributed by atoms with E-state index < -0.39 is 6.10 Å². The van der Waals surface area contributed by atoms with Crippen LogP contribution in [0.25, 0.3) is 0 Å². The minimum Gasteiger partial charge on any atom is -0.382 e. The first kappa shape index (κ1) is 16.2. The third-order valence-corrected chi connectivity index (χ3v) is 4.21. The largest absolute Gasteiger partial charge is 0.382 e. The Labute approximate surface area is 135 Å². The average Bonchev–Trinajstić information content (AvgIpc) is 2.79. The van der Waals surface area contributed by atoms with E-state index >= 15 is 0 Å². The molecule has 0 spiro atoms. The monoisotopic (exact) mass is 350 g/mol. The lowest BCUT2D eigenvalue weighted by atomic mass is 9.82. The second-order valence-corrected chi connectivity index (χ2v) is 7.51. The zero-order valence-corrected chi connectivity index (χ0v) is 14.8. The van der Waals surface area contributed by atoms with Crippen LogP contribution >= 0.6 is 15.9 Å². The van der Waals surface area contributed by atoms with Crippen LogP contribution in [0.5, 0.6) is 0 Å². The number of benzene rings is 1. The lowest BCUT2D eigenvalue weighted by molar-refractivity contribution is 0.201. The van der Waals surface area contributed by atoms with Gasteiger partial charge in [0.25, 0.3) is 0 Å². The molecule has 0 saturated heterocycles. The molecule has 0 bridgehead atoms. The highest BCUT2D eigenvalue weighted by Crippen LogP contribution is 2.35. The van der Waals surface area contributed by atoms with Gasteiger partial charge in [0.15, 0.2) is 0 Å². The first-order valence-corrected chi connectivity index (χ1v) is 8.03. The van der Waals surface area contributed by atoms with Crippen LogP contribution in [0.2, 0.25) is 0 Å². The molecule has 3 nitrogen and oxygen atoms in total. The number of aliphatic hydroxyl groups excluding tert-OH is 1. The second-order valence-electron chi connectivity index (χ2n) is 6.66. The van der Waals surface area contributed by atoms with E-state index in [0.717, 1.165) is 21.3 Å². The number of hydrogen-bond acceptors (Lipinski definition) is 2. The van der Waals surface area contributed by atoms with Crippen LogP contribution < -0.4 is 0 Å². The lowest BCUT2D eigenvalue weighted by Gasteiger charge is -2.26. The summed E-state index contributed by atoms with van der Waals surface area (Å²) in [7, 11) is 0. The van der Waals surface area contributed by atoms with Gasteiger partial charge < -0.3 is 5.11 Å². The van der Waals surface area contributed by atoms with Crippen molar-refractivity contribution in [3.05, 3.63) is 51.8 Å². The minimum absolute atomic E-state index is 0.0211. The molecule has 1 aromatic carbocycles. The van der Waals surface area contributed by atoms with Crippen molar-refractivity contribution in [2.75, 3.05) is 0 Å². The maximum Gasteiger partial charge on any atom is 0.122 e. The summed E-state index contributed by atoms with van der Waals surface area (Å²) >= 11 is 3.52. The summed E-state index contributed by atoms with van der Waals surface area (Å²) in [6.07, 6.45) is 1.05. The maximum absolute atomic E-state index is 10.9. The van der Waals surface area contributed by atoms with Crippen molar-refractivity contribution in [1.82, 2.24) is 9.78 Å². The minimum atomic E-state index is -0.695. The number of rotatable bonds is 3. The van der Waals surface area contributed by atoms with Gasteiger partial charge in [0.05, 0.1) is 16.4 Å². The molecule has 0 radical (unpaired) electrons. The highest BCUT2D eigenvalue weighted by Gasteiger charge is 2.26. The van der Waals surface area contributed by atoms with E-state index in [0.29, 0.717) is 0 Å². The number of aliphatic hydroxyl groups is 1. The summed E-state index contributed by atoms with van der Waals surface area (Å²) in [5.41, 5.74) is 2.88. The second kappa shape index (κ2) is 5.93. The molecule has 4 heteroatoms. The van der Waals surface area contributed by atoms with Crippen molar-refractivity contribution in [3.8, 4) is 0 Å². The molecule has 0 aliphatic heterocycles. The normalized spacial score (nSPS) is 13.7. The third-order valence-electron chi connectivity index (χ3n) is 3.60. The molecule has 114 valence electrons. The van der Waals surface area contributed by atoms with Crippen molar-refractivity contribution >= 4 is 15.9 Å². The van der Waals surface area contributed by atoms with E-state index in [1.165, 1.54) is 0 Å². The molecule has 0 saturated carbocycles. The highest BCUT2D eigenvalue weighted by atomic mass is 79.9. The summed E-state index contributed by atoms with van der Waals surface area (Å²) in [6.45, 7) is 10.6. The molecule has 0 aliphatic carbocycles. The fraction of sp³-hybridized carbons (Fsp3) is 0.471. The molecular weight excluding hydrogens is 328 g/mol. The summed E-state index contributed by atoms with van der Waals surface area (Å²) in [4.78, 5) is 0. The standard InChI is InChI=1S/C17H23BrN2O/c1-11(2)20-15(14(18)10-19-20)16(21)12-8-6-7-9-13(12)17(3,4)5/h6-11,16,21H,1-5H3. The highest BCUT2D eigenvalue weighted by molar-refractivity contribution is 9.10. The Morgan fingerprint density at radius 3 is 2.38 bits per heavy atom. The molecule has 1 heterocycles. The van der Waals surface area contributed by atoms with Gasteiger partial charge in [0.2, 0.25) is 0 Å². The van der Waals surface area contributed by atoms with E-state index in [4.69, 9.17) is 0 Å². The van der Waals surface area contributed by atoms with E-state index in [2.05, 4.69) is 61.7 Å². The predicted molar refractivity (Wildman–Crippen MR) is 89.5 cm³/mol. The molecule has 0 amide bonds. The van der Waals surface area contributed by atoms with Gasteiger partial charge in [-0.3, -0.25) is 4.68 Å². The Balaban J connectivity index is 2.56. The summed E-state index contributed by atoms with van der Waals surface area (Å²) in [6, 6.07) is 8.27. The fourth-order valence-electron chi connectivity index (χ4n) is 2.58. The molecule has 21 heavy (non-hydrogen) atoms. The molecule has 1 unspecified atom stereocenters. The molecule has 2 rings (SSSR count). The van der Waals surface area contributed by atoms with Crippen molar-refractivity contribution < 1.29 is 5.11 Å². The van der Waals surface area contributed by atoms with E-state index in [-0.39, 0.29) is 11.5 Å².